The first-order chi connectivity index (χ1) is 10.1. The number of fused-ring (bicyclic) bond motifs is 1. The van der Waals surface area contributed by atoms with E-state index in [9.17, 15) is 4.79 Å². The number of rotatable bonds is 4. The number of carbonyl (C=O) groups is 1. The number of aryl methyl sites for hydroxylation is 1. The highest BCUT2D eigenvalue weighted by atomic mass is 16.5. The SMILES string of the molecule is Cc1ccc(-c2noc3ncnc(OCC(=O)O)c23)cc1. The molecule has 7 nitrogen and oxygen atoms in total. The molecule has 0 spiro atoms. The molecule has 0 amide bonds. The van der Waals surface area contributed by atoms with Crippen LogP contribution >= 0.6 is 0 Å². The second-order valence-corrected chi connectivity index (χ2v) is 4.44. The highest BCUT2D eigenvalue weighted by Crippen LogP contribution is 2.32. The lowest BCUT2D eigenvalue weighted by Crippen LogP contribution is -2.10. The molecule has 0 aliphatic rings. The Morgan fingerprint density at radius 2 is 2.05 bits per heavy atom. The van der Waals surface area contributed by atoms with Gasteiger partial charge in [0.25, 0.3) is 5.71 Å². The molecule has 0 bridgehead atoms. The number of carboxylic acid groups (broad SMARTS) is 1. The largest absolute Gasteiger partial charge is 0.479 e. The second-order valence-electron chi connectivity index (χ2n) is 4.44. The van der Waals surface area contributed by atoms with E-state index in [2.05, 4.69) is 15.1 Å². The van der Waals surface area contributed by atoms with Crippen LogP contribution < -0.4 is 4.74 Å². The van der Waals surface area contributed by atoms with Crippen molar-refractivity contribution in [1.82, 2.24) is 15.1 Å². The third-order valence-corrected chi connectivity index (χ3v) is 2.90. The van der Waals surface area contributed by atoms with Gasteiger partial charge in [-0.3, -0.25) is 0 Å². The molecule has 106 valence electrons. The minimum Gasteiger partial charge on any atom is -0.479 e. The van der Waals surface area contributed by atoms with Crippen molar-refractivity contribution in [2.75, 3.05) is 6.61 Å². The molecule has 2 heterocycles. The summed E-state index contributed by atoms with van der Waals surface area (Å²) in [4.78, 5) is 18.6. The average molecular weight is 285 g/mol. The monoisotopic (exact) mass is 285 g/mol. The molecule has 0 saturated heterocycles. The number of nitrogens with zero attached hydrogens (tertiary/aromatic N) is 3. The van der Waals surface area contributed by atoms with Gasteiger partial charge in [-0.15, -0.1) is 0 Å². The highest BCUT2D eigenvalue weighted by Gasteiger charge is 2.18. The summed E-state index contributed by atoms with van der Waals surface area (Å²) in [5, 5.41) is 13.1. The summed E-state index contributed by atoms with van der Waals surface area (Å²) in [5.41, 5.74) is 2.70. The number of benzene rings is 1. The van der Waals surface area contributed by atoms with Crippen molar-refractivity contribution in [3.05, 3.63) is 36.2 Å². The standard InChI is InChI=1S/C14H11N3O4/c1-8-2-4-9(5-3-8)12-11-13(20-6-10(18)19)15-7-16-14(11)21-17-12/h2-5,7H,6H2,1H3,(H,18,19). The van der Waals surface area contributed by atoms with Crippen LogP contribution in [0.15, 0.2) is 35.1 Å². The molecule has 3 aromatic rings. The molecule has 0 atom stereocenters. The van der Waals surface area contributed by atoms with Crippen LogP contribution in [0, 0.1) is 6.92 Å². The van der Waals surface area contributed by atoms with Crippen LogP contribution in [0.5, 0.6) is 5.88 Å². The predicted octanol–water partition coefficient (Wildman–Crippen LogP) is 2.06. The Morgan fingerprint density at radius 3 is 2.76 bits per heavy atom. The lowest BCUT2D eigenvalue weighted by atomic mass is 10.1. The van der Waals surface area contributed by atoms with Crippen molar-refractivity contribution in [1.29, 1.82) is 0 Å². The Morgan fingerprint density at radius 1 is 1.29 bits per heavy atom. The molecule has 1 aromatic carbocycles. The molecule has 7 heteroatoms. The summed E-state index contributed by atoms with van der Waals surface area (Å²) in [6.07, 6.45) is 1.24. The summed E-state index contributed by atoms with van der Waals surface area (Å²) in [5.74, 6) is -0.950. The zero-order valence-electron chi connectivity index (χ0n) is 11.1. The van der Waals surface area contributed by atoms with E-state index in [4.69, 9.17) is 14.4 Å². The molecular weight excluding hydrogens is 274 g/mol. The maximum absolute atomic E-state index is 10.6. The zero-order chi connectivity index (χ0) is 14.8. The van der Waals surface area contributed by atoms with Crippen molar-refractivity contribution in [3.63, 3.8) is 0 Å². The zero-order valence-corrected chi connectivity index (χ0v) is 11.1. The maximum Gasteiger partial charge on any atom is 0.341 e. The van der Waals surface area contributed by atoms with E-state index in [1.165, 1.54) is 6.33 Å². The summed E-state index contributed by atoms with van der Waals surface area (Å²) in [6, 6.07) is 7.66. The molecule has 0 fully saturated rings. The first-order valence-electron chi connectivity index (χ1n) is 6.17. The van der Waals surface area contributed by atoms with Gasteiger partial charge in [0.1, 0.15) is 17.4 Å². The summed E-state index contributed by atoms with van der Waals surface area (Å²) >= 11 is 0. The van der Waals surface area contributed by atoms with Gasteiger partial charge in [-0.1, -0.05) is 35.0 Å². The van der Waals surface area contributed by atoms with Gasteiger partial charge < -0.3 is 14.4 Å². The van der Waals surface area contributed by atoms with Gasteiger partial charge in [0.05, 0.1) is 0 Å². The minimum absolute atomic E-state index is 0.138. The molecule has 0 radical (unpaired) electrons. The fourth-order valence-corrected chi connectivity index (χ4v) is 1.91. The molecule has 2 aromatic heterocycles. The fraction of sp³-hybridized carbons (Fsp3) is 0.143. The van der Waals surface area contributed by atoms with E-state index in [0.717, 1.165) is 11.1 Å². The number of hydrogen-bond acceptors (Lipinski definition) is 6. The quantitative estimate of drug-likeness (QED) is 0.783. The van der Waals surface area contributed by atoms with Gasteiger partial charge in [0.2, 0.25) is 5.88 Å². The summed E-state index contributed by atoms with van der Waals surface area (Å²) in [6.45, 7) is 1.49. The van der Waals surface area contributed by atoms with Crippen molar-refractivity contribution in [2.45, 2.75) is 6.92 Å². The third kappa shape index (κ3) is 2.53. The molecule has 0 aliphatic heterocycles. The van der Waals surface area contributed by atoms with Crippen molar-refractivity contribution >= 4 is 17.1 Å². The minimum atomic E-state index is -1.09. The van der Waals surface area contributed by atoms with Gasteiger partial charge in [-0.25, -0.2) is 9.78 Å². The average Bonchev–Trinajstić information content (AvgIpc) is 2.90. The predicted molar refractivity (Wildman–Crippen MR) is 72.9 cm³/mol. The van der Waals surface area contributed by atoms with Gasteiger partial charge in [0.15, 0.2) is 6.61 Å². The van der Waals surface area contributed by atoms with Crippen LogP contribution in [0.25, 0.3) is 22.4 Å². The Kier molecular flexibility index (Phi) is 3.23. The van der Waals surface area contributed by atoms with Gasteiger partial charge in [-0.05, 0) is 6.92 Å². The molecular formula is C14H11N3O4. The molecule has 0 unspecified atom stereocenters. The van der Waals surface area contributed by atoms with Crippen molar-refractivity contribution in [2.24, 2.45) is 0 Å². The molecule has 21 heavy (non-hydrogen) atoms. The van der Waals surface area contributed by atoms with Crippen LogP contribution in [0.2, 0.25) is 0 Å². The Hall–Kier alpha value is -2.96. The normalized spacial score (nSPS) is 10.7. The fourth-order valence-electron chi connectivity index (χ4n) is 1.91. The molecule has 3 rings (SSSR count). The van der Waals surface area contributed by atoms with Crippen LogP contribution in [0.3, 0.4) is 0 Å². The Balaban J connectivity index is 2.10. The van der Waals surface area contributed by atoms with Crippen LogP contribution in [0.4, 0.5) is 0 Å². The first kappa shape index (κ1) is 13.0. The number of hydrogen-bond donors (Lipinski definition) is 1. The lowest BCUT2D eigenvalue weighted by molar-refractivity contribution is -0.139. The van der Waals surface area contributed by atoms with Crippen LogP contribution in [-0.4, -0.2) is 32.8 Å². The van der Waals surface area contributed by atoms with Gasteiger partial charge >= 0.3 is 5.97 Å². The van der Waals surface area contributed by atoms with E-state index >= 15 is 0 Å². The lowest BCUT2D eigenvalue weighted by Gasteiger charge is -2.03. The summed E-state index contributed by atoms with van der Waals surface area (Å²) in [7, 11) is 0. The molecule has 1 N–H and O–H groups in total. The highest BCUT2D eigenvalue weighted by molar-refractivity contribution is 5.93. The van der Waals surface area contributed by atoms with Crippen molar-refractivity contribution < 1.29 is 19.2 Å². The van der Waals surface area contributed by atoms with E-state index in [1.807, 2.05) is 31.2 Å². The van der Waals surface area contributed by atoms with Gasteiger partial charge in [-0.2, -0.15) is 4.98 Å². The van der Waals surface area contributed by atoms with E-state index in [0.29, 0.717) is 11.1 Å². The molecule has 0 aliphatic carbocycles. The number of carboxylic acids is 1. The number of ether oxygens (including phenoxy) is 1. The topological polar surface area (TPSA) is 98.3 Å². The van der Waals surface area contributed by atoms with Crippen molar-refractivity contribution in [3.8, 4) is 17.1 Å². The number of aliphatic carboxylic acids is 1. The van der Waals surface area contributed by atoms with E-state index in [1.54, 1.807) is 0 Å². The molecule has 0 saturated carbocycles. The first-order valence-corrected chi connectivity index (χ1v) is 6.17. The van der Waals surface area contributed by atoms with Gasteiger partial charge in [0, 0.05) is 5.56 Å². The summed E-state index contributed by atoms with van der Waals surface area (Å²) < 4.78 is 10.3. The van der Waals surface area contributed by atoms with E-state index in [-0.39, 0.29) is 11.6 Å². The number of aromatic nitrogens is 3. The Bertz CT molecular complexity index is 796. The maximum atomic E-state index is 10.6. The second kappa shape index (κ2) is 5.20. The van der Waals surface area contributed by atoms with Crippen LogP contribution in [0.1, 0.15) is 5.56 Å². The van der Waals surface area contributed by atoms with Crippen LogP contribution in [-0.2, 0) is 4.79 Å². The Labute approximate surface area is 119 Å². The van der Waals surface area contributed by atoms with E-state index < -0.39 is 12.6 Å². The third-order valence-electron chi connectivity index (χ3n) is 2.90. The smallest absolute Gasteiger partial charge is 0.341 e.